The predicted molar refractivity (Wildman–Crippen MR) is 98.2 cm³/mol. The van der Waals surface area contributed by atoms with Gasteiger partial charge < -0.3 is 9.94 Å². The van der Waals surface area contributed by atoms with Crippen LogP contribution in [0.1, 0.15) is 11.1 Å². The van der Waals surface area contributed by atoms with E-state index in [-0.39, 0.29) is 18.2 Å². The third-order valence-electron chi connectivity index (χ3n) is 3.75. The van der Waals surface area contributed by atoms with Crippen LogP contribution in [0.2, 0.25) is 0 Å². The summed E-state index contributed by atoms with van der Waals surface area (Å²) in [6.45, 7) is -0.0903. The fourth-order valence-electron chi connectivity index (χ4n) is 2.48. The molecule has 0 saturated heterocycles. The highest BCUT2D eigenvalue weighted by molar-refractivity contribution is 5.91. The Morgan fingerprint density at radius 1 is 0.808 bits per heavy atom. The zero-order chi connectivity index (χ0) is 18.4. The van der Waals surface area contributed by atoms with E-state index in [4.69, 9.17) is 4.74 Å². The standard InChI is InChI=1S/C20H16N2O4/c23-21(18-12-5-2-6-13-18)20(16-9-3-1-4-10-16)26-15-17-11-7-8-14-19(17)22(24)25/h1-14H,15H2. The molecule has 0 fully saturated rings. The largest absolute Gasteiger partial charge is 0.616 e. The first-order chi connectivity index (χ1) is 12.7. The first kappa shape index (κ1) is 17.2. The molecule has 3 aromatic rings. The average molecular weight is 348 g/mol. The van der Waals surface area contributed by atoms with E-state index in [9.17, 15) is 15.3 Å². The highest BCUT2D eigenvalue weighted by Crippen LogP contribution is 2.20. The number of benzene rings is 3. The van der Waals surface area contributed by atoms with E-state index in [0.717, 1.165) is 0 Å². The van der Waals surface area contributed by atoms with Gasteiger partial charge in [0.1, 0.15) is 6.61 Å². The first-order valence-electron chi connectivity index (χ1n) is 7.96. The van der Waals surface area contributed by atoms with Gasteiger partial charge in [0.25, 0.3) is 5.69 Å². The minimum absolute atomic E-state index is 0.0444. The maximum absolute atomic E-state index is 12.8. The number of para-hydroxylation sites is 2. The van der Waals surface area contributed by atoms with Gasteiger partial charge in [-0.15, -0.1) is 4.74 Å². The van der Waals surface area contributed by atoms with Gasteiger partial charge in [-0.3, -0.25) is 10.1 Å². The number of hydrogen-bond donors (Lipinski definition) is 0. The molecule has 6 heteroatoms. The molecule has 0 aliphatic rings. The van der Waals surface area contributed by atoms with Gasteiger partial charge in [0, 0.05) is 18.2 Å². The van der Waals surface area contributed by atoms with Crippen molar-refractivity contribution in [3.8, 4) is 0 Å². The maximum atomic E-state index is 12.8. The fraction of sp³-hybridized carbons (Fsp3) is 0.0500. The second-order valence-corrected chi connectivity index (χ2v) is 5.48. The molecule has 0 amide bonds. The summed E-state index contributed by atoms with van der Waals surface area (Å²) in [4.78, 5) is 10.7. The quantitative estimate of drug-likeness (QED) is 0.171. The molecule has 3 rings (SSSR count). The zero-order valence-corrected chi connectivity index (χ0v) is 13.8. The van der Waals surface area contributed by atoms with Gasteiger partial charge in [-0.05, 0) is 18.2 Å². The molecule has 0 bridgehead atoms. The van der Waals surface area contributed by atoms with Crippen LogP contribution in [0, 0.1) is 15.3 Å². The molecule has 0 spiro atoms. The van der Waals surface area contributed by atoms with Crippen LogP contribution in [0.15, 0.2) is 84.9 Å². The van der Waals surface area contributed by atoms with Crippen LogP contribution >= 0.6 is 0 Å². The van der Waals surface area contributed by atoms with Gasteiger partial charge in [0.15, 0.2) is 0 Å². The van der Waals surface area contributed by atoms with Crippen LogP contribution in [0.5, 0.6) is 0 Å². The maximum Gasteiger partial charge on any atom is 0.387 e. The summed E-state index contributed by atoms with van der Waals surface area (Å²) in [7, 11) is 0. The SMILES string of the molecule is O=[N+]([O-])c1ccccc1COC(c1ccccc1)=[N+]([O-])c1ccccc1. The van der Waals surface area contributed by atoms with Gasteiger partial charge in [-0.2, -0.15) is 0 Å². The predicted octanol–water partition coefficient (Wildman–Crippen LogP) is 4.40. The van der Waals surface area contributed by atoms with E-state index in [2.05, 4.69) is 0 Å². The molecule has 0 saturated carbocycles. The monoisotopic (exact) mass is 348 g/mol. The van der Waals surface area contributed by atoms with Gasteiger partial charge in [0.05, 0.1) is 16.1 Å². The first-order valence-corrected chi connectivity index (χ1v) is 7.96. The smallest absolute Gasteiger partial charge is 0.387 e. The number of ether oxygens (including phenoxy) is 1. The second-order valence-electron chi connectivity index (χ2n) is 5.48. The average Bonchev–Trinajstić information content (AvgIpc) is 2.69. The Bertz CT molecular complexity index is 925. The Morgan fingerprint density at radius 3 is 2.04 bits per heavy atom. The van der Waals surface area contributed by atoms with Crippen molar-refractivity contribution in [3.05, 3.63) is 111 Å². The van der Waals surface area contributed by atoms with Crippen molar-refractivity contribution in [2.75, 3.05) is 0 Å². The van der Waals surface area contributed by atoms with E-state index >= 15 is 0 Å². The van der Waals surface area contributed by atoms with Crippen molar-refractivity contribution < 1.29 is 14.4 Å². The number of nitrogens with zero attached hydrogens (tertiary/aromatic N) is 2. The Labute approximate surface area is 150 Å². The normalized spacial score (nSPS) is 11.5. The summed E-state index contributed by atoms with van der Waals surface area (Å²) in [5.74, 6) is 0.0787. The number of nitro benzene ring substituents is 1. The van der Waals surface area contributed by atoms with Crippen LogP contribution < -0.4 is 0 Å². The lowest BCUT2D eigenvalue weighted by atomic mass is 10.2. The number of rotatable bonds is 5. The minimum atomic E-state index is -0.465. The number of nitro groups is 1. The van der Waals surface area contributed by atoms with Crippen molar-refractivity contribution in [2.24, 2.45) is 0 Å². The van der Waals surface area contributed by atoms with Crippen molar-refractivity contribution in [2.45, 2.75) is 6.61 Å². The second kappa shape index (κ2) is 7.94. The van der Waals surface area contributed by atoms with Gasteiger partial charge in [0.2, 0.25) is 5.69 Å². The zero-order valence-electron chi connectivity index (χ0n) is 13.8. The summed E-state index contributed by atoms with van der Waals surface area (Å²) in [5.41, 5.74) is 1.35. The van der Waals surface area contributed by atoms with Crippen LogP contribution in [-0.4, -0.2) is 15.6 Å². The summed E-state index contributed by atoms with van der Waals surface area (Å²) < 4.78 is 6.43. The third-order valence-corrected chi connectivity index (χ3v) is 3.75. The van der Waals surface area contributed by atoms with Crippen molar-refractivity contribution in [1.29, 1.82) is 0 Å². The van der Waals surface area contributed by atoms with Gasteiger partial charge in [-0.25, -0.2) is 0 Å². The van der Waals surface area contributed by atoms with Crippen molar-refractivity contribution in [1.82, 2.24) is 0 Å². The van der Waals surface area contributed by atoms with Crippen LogP contribution in [0.4, 0.5) is 11.4 Å². The molecular weight excluding hydrogens is 332 g/mol. The molecule has 0 aliphatic carbocycles. The highest BCUT2D eigenvalue weighted by atomic mass is 16.6. The Hall–Kier alpha value is -3.67. The minimum Gasteiger partial charge on any atom is -0.616 e. The lowest BCUT2D eigenvalue weighted by Crippen LogP contribution is -2.17. The topological polar surface area (TPSA) is 78.4 Å². The summed E-state index contributed by atoms with van der Waals surface area (Å²) in [5, 5.41) is 24.0. The molecular formula is C20H16N2O4. The molecule has 3 aromatic carbocycles. The van der Waals surface area contributed by atoms with Crippen molar-refractivity contribution >= 4 is 17.3 Å². The van der Waals surface area contributed by atoms with Crippen LogP contribution in [-0.2, 0) is 11.3 Å². The Morgan fingerprint density at radius 2 is 1.38 bits per heavy atom. The molecule has 0 aliphatic heterocycles. The molecule has 130 valence electrons. The molecule has 0 unspecified atom stereocenters. The van der Waals surface area contributed by atoms with E-state index in [0.29, 0.717) is 21.6 Å². The van der Waals surface area contributed by atoms with Gasteiger partial charge >= 0.3 is 5.90 Å². The Kier molecular flexibility index (Phi) is 5.24. The molecule has 6 nitrogen and oxygen atoms in total. The van der Waals surface area contributed by atoms with Crippen molar-refractivity contribution in [3.63, 3.8) is 0 Å². The third kappa shape index (κ3) is 3.87. The van der Waals surface area contributed by atoms with Gasteiger partial charge in [-0.1, -0.05) is 48.5 Å². The highest BCUT2D eigenvalue weighted by Gasteiger charge is 2.20. The van der Waals surface area contributed by atoms with E-state index < -0.39 is 4.92 Å². The number of hydrogen-bond acceptors (Lipinski definition) is 4. The molecule has 0 heterocycles. The van der Waals surface area contributed by atoms with E-state index in [1.165, 1.54) is 6.07 Å². The Balaban J connectivity index is 1.97. The summed E-state index contributed by atoms with van der Waals surface area (Å²) in [6, 6.07) is 23.9. The lowest BCUT2D eigenvalue weighted by molar-refractivity contribution is -0.386. The van der Waals surface area contributed by atoms with Crippen LogP contribution in [0.25, 0.3) is 0 Å². The van der Waals surface area contributed by atoms with E-state index in [1.54, 1.807) is 66.7 Å². The van der Waals surface area contributed by atoms with E-state index in [1.807, 2.05) is 12.1 Å². The molecule has 0 atom stereocenters. The molecule has 0 radical (unpaired) electrons. The molecule has 26 heavy (non-hydrogen) atoms. The summed E-state index contributed by atoms with van der Waals surface area (Å²) >= 11 is 0. The molecule has 0 N–H and O–H groups in total. The fourth-order valence-corrected chi connectivity index (χ4v) is 2.48. The molecule has 0 aromatic heterocycles. The van der Waals surface area contributed by atoms with Crippen LogP contribution in [0.3, 0.4) is 0 Å². The summed E-state index contributed by atoms with van der Waals surface area (Å²) in [6.07, 6.45) is 0. The lowest BCUT2D eigenvalue weighted by Gasteiger charge is -2.12.